The minimum absolute atomic E-state index is 0. The second-order valence-electron chi connectivity index (χ2n) is 2.78. The van der Waals surface area contributed by atoms with Gasteiger partial charge < -0.3 is 11.5 Å². The second kappa shape index (κ2) is 5.98. The van der Waals surface area contributed by atoms with Crippen molar-refractivity contribution in [3.8, 4) is 0 Å². The van der Waals surface area contributed by atoms with Crippen molar-refractivity contribution < 1.29 is 4.39 Å². The van der Waals surface area contributed by atoms with Crippen LogP contribution in [0.1, 0.15) is 11.1 Å². The van der Waals surface area contributed by atoms with Crippen molar-refractivity contribution in [2.24, 2.45) is 21.7 Å². The Morgan fingerprint density at radius 3 is 2.60 bits per heavy atom. The maximum absolute atomic E-state index is 12.8. The van der Waals surface area contributed by atoms with E-state index < -0.39 is 0 Å². The Morgan fingerprint density at radius 1 is 1.40 bits per heavy atom. The molecule has 0 aliphatic rings. The number of hydrogen-bond donors (Lipinski definition) is 2. The van der Waals surface area contributed by atoms with Gasteiger partial charge in [-0.2, -0.15) is 5.10 Å². The Kier molecular flexibility index (Phi) is 5.33. The summed E-state index contributed by atoms with van der Waals surface area (Å²) >= 11 is 0. The predicted molar refractivity (Wildman–Crippen MR) is 61.8 cm³/mol. The molecule has 0 aromatic heterocycles. The molecule has 0 amide bonds. The number of guanidine groups is 1. The first-order valence-electron chi connectivity index (χ1n) is 3.97. The van der Waals surface area contributed by atoms with Crippen molar-refractivity contribution in [3.05, 3.63) is 35.1 Å². The standard InChI is InChI=1S/C9H11FN4.ClH/c1-6-4-7(2-3-8(6)10)5-13-14-9(11)12;/h2-5H,1H3,(H4,11,12,14);1H/b13-5+;. The third-order valence-corrected chi connectivity index (χ3v) is 1.56. The van der Waals surface area contributed by atoms with Gasteiger partial charge in [-0.15, -0.1) is 17.5 Å². The predicted octanol–water partition coefficient (Wildman–Crippen LogP) is 1.16. The van der Waals surface area contributed by atoms with Crippen molar-refractivity contribution >= 4 is 24.6 Å². The van der Waals surface area contributed by atoms with E-state index in [2.05, 4.69) is 10.2 Å². The van der Waals surface area contributed by atoms with Crippen LogP contribution in [0.25, 0.3) is 0 Å². The molecule has 0 heterocycles. The van der Waals surface area contributed by atoms with Crippen molar-refractivity contribution in [3.63, 3.8) is 0 Å². The molecule has 0 fully saturated rings. The van der Waals surface area contributed by atoms with E-state index in [1.807, 2.05) is 0 Å². The molecule has 15 heavy (non-hydrogen) atoms. The zero-order valence-electron chi connectivity index (χ0n) is 8.14. The molecule has 4 N–H and O–H groups in total. The van der Waals surface area contributed by atoms with Crippen LogP contribution < -0.4 is 11.5 Å². The summed E-state index contributed by atoms with van der Waals surface area (Å²) in [6, 6.07) is 4.61. The molecule has 0 aliphatic carbocycles. The van der Waals surface area contributed by atoms with Crippen LogP contribution in [-0.2, 0) is 0 Å². The van der Waals surface area contributed by atoms with Crippen LogP contribution in [-0.4, -0.2) is 12.2 Å². The lowest BCUT2D eigenvalue weighted by atomic mass is 10.1. The average molecular weight is 231 g/mol. The molecule has 1 rings (SSSR count). The van der Waals surface area contributed by atoms with Crippen LogP contribution in [0.5, 0.6) is 0 Å². The van der Waals surface area contributed by atoms with Gasteiger partial charge in [0.25, 0.3) is 0 Å². The molecule has 1 aromatic rings. The van der Waals surface area contributed by atoms with Crippen LogP contribution in [0.4, 0.5) is 4.39 Å². The molecule has 6 heteroatoms. The van der Waals surface area contributed by atoms with Crippen molar-refractivity contribution in [2.75, 3.05) is 0 Å². The molecule has 0 atom stereocenters. The van der Waals surface area contributed by atoms with E-state index in [0.717, 1.165) is 5.56 Å². The summed E-state index contributed by atoms with van der Waals surface area (Å²) in [5.41, 5.74) is 11.4. The average Bonchev–Trinajstić information content (AvgIpc) is 2.10. The highest BCUT2D eigenvalue weighted by atomic mass is 35.5. The topological polar surface area (TPSA) is 76.8 Å². The molecule has 0 unspecified atom stereocenters. The minimum atomic E-state index is -0.246. The third-order valence-electron chi connectivity index (χ3n) is 1.56. The van der Waals surface area contributed by atoms with Gasteiger partial charge in [-0.3, -0.25) is 0 Å². The SMILES string of the molecule is Cc1cc(/C=N/N=C(N)N)ccc1F.Cl. The number of nitrogens with zero attached hydrogens (tertiary/aromatic N) is 2. The monoisotopic (exact) mass is 230 g/mol. The van der Waals surface area contributed by atoms with Gasteiger partial charge in [0, 0.05) is 0 Å². The zero-order chi connectivity index (χ0) is 10.6. The van der Waals surface area contributed by atoms with E-state index in [1.54, 1.807) is 19.1 Å². The summed E-state index contributed by atoms with van der Waals surface area (Å²) in [5.74, 6) is -0.357. The smallest absolute Gasteiger partial charge is 0.211 e. The third kappa shape index (κ3) is 4.42. The lowest BCUT2D eigenvalue weighted by Gasteiger charge is -1.96. The molecular formula is C9H12ClFN4. The lowest BCUT2D eigenvalue weighted by molar-refractivity contribution is 0.618. The Labute approximate surface area is 93.3 Å². The molecule has 0 radical (unpaired) electrons. The van der Waals surface area contributed by atoms with Gasteiger partial charge in [0.1, 0.15) is 5.82 Å². The van der Waals surface area contributed by atoms with Crippen molar-refractivity contribution in [2.45, 2.75) is 6.92 Å². The molecule has 0 spiro atoms. The molecule has 0 bridgehead atoms. The van der Waals surface area contributed by atoms with E-state index in [4.69, 9.17) is 11.5 Å². The van der Waals surface area contributed by atoms with E-state index >= 15 is 0 Å². The second-order valence-corrected chi connectivity index (χ2v) is 2.78. The maximum atomic E-state index is 12.8. The van der Waals surface area contributed by atoms with Crippen molar-refractivity contribution in [1.29, 1.82) is 0 Å². The minimum Gasteiger partial charge on any atom is -0.369 e. The molecule has 0 saturated heterocycles. The molecule has 82 valence electrons. The summed E-state index contributed by atoms with van der Waals surface area (Å²) in [6.45, 7) is 1.67. The molecular weight excluding hydrogens is 219 g/mol. The number of halogens is 2. The first kappa shape index (κ1) is 13.4. The van der Waals surface area contributed by atoms with Gasteiger partial charge in [0.2, 0.25) is 5.96 Å². The Morgan fingerprint density at radius 2 is 2.07 bits per heavy atom. The van der Waals surface area contributed by atoms with Crippen LogP contribution in [0.15, 0.2) is 28.4 Å². The van der Waals surface area contributed by atoms with E-state index in [0.29, 0.717) is 5.56 Å². The van der Waals surface area contributed by atoms with Crippen molar-refractivity contribution in [1.82, 2.24) is 0 Å². The molecule has 0 aliphatic heterocycles. The highest BCUT2D eigenvalue weighted by Gasteiger charge is 1.95. The van der Waals surface area contributed by atoms with Gasteiger partial charge in [0.15, 0.2) is 0 Å². The Bertz CT molecular complexity index is 386. The van der Waals surface area contributed by atoms with Gasteiger partial charge in [0.05, 0.1) is 6.21 Å². The van der Waals surface area contributed by atoms with E-state index in [-0.39, 0.29) is 24.2 Å². The van der Waals surface area contributed by atoms with E-state index in [9.17, 15) is 4.39 Å². The first-order valence-corrected chi connectivity index (χ1v) is 3.97. The fraction of sp³-hybridized carbons (Fsp3) is 0.111. The normalized spacial score (nSPS) is 9.73. The highest BCUT2D eigenvalue weighted by Crippen LogP contribution is 2.07. The van der Waals surface area contributed by atoms with Gasteiger partial charge in [-0.05, 0) is 30.2 Å². The van der Waals surface area contributed by atoms with Gasteiger partial charge >= 0.3 is 0 Å². The number of benzene rings is 1. The summed E-state index contributed by atoms with van der Waals surface area (Å²) in [5, 5.41) is 7.02. The Hall–Kier alpha value is -1.62. The molecule has 1 aromatic carbocycles. The molecule has 0 saturated carbocycles. The zero-order valence-corrected chi connectivity index (χ0v) is 8.96. The van der Waals surface area contributed by atoms with Crippen LogP contribution >= 0.6 is 12.4 Å². The fourth-order valence-electron chi connectivity index (χ4n) is 0.910. The van der Waals surface area contributed by atoms with Crippen LogP contribution in [0, 0.1) is 12.7 Å². The summed E-state index contributed by atoms with van der Waals surface area (Å²) in [4.78, 5) is 0. The van der Waals surface area contributed by atoms with Crippen LogP contribution in [0.3, 0.4) is 0 Å². The number of rotatable bonds is 2. The number of hydrogen-bond acceptors (Lipinski definition) is 2. The summed E-state index contributed by atoms with van der Waals surface area (Å²) in [6.07, 6.45) is 1.45. The van der Waals surface area contributed by atoms with E-state index in [1.165, 1.54) is 12.3 Å². The fourth-order valence-corrected chi connectivity index (χ4v) is 0.910. The quantitative estimate of drug-likeness (QED) is 0.455. The van der Waals surface area contributed by atoms with Gasteiger partial charge in [-0.25, -0.2) is 4.39 Å². The first-order chi connectivity index (χ1) is 6.59. The summed E-state index contributed by atoms with van der Waals surface area (Å²) < 4.78 is 12.8. The largest absolute Gasteiger partial charge is 0.369 e. The Balaban J connectivity index is 0.00000196. The van der Waals surface area contributed by atoms with Gasteiger partial charge in [-0.1, -0.05) is 6.07 Å². The lowest BCUT2D eigenvalue weighted by Crippen LogP contribution is -2.21. The highest BCUT2D eigenvalue weighted by molar-refractivity contribution is 5.85. The molecule has 4 nitrogen and oxygen atoms in total. The summed E-state index contributed by atoms with van der Waals surface area (Å²) in [7, 11) is 0. The van der Waals surface area contributed by atoms with Crippen LogP contribution in [0.2, 0.25) is 0 Å². The maximum Gasteiger partial charge on any atom is 0.211 e. The number of nitrogens with two attached hydrogens (primary N) is 2. The number of aryl methyl sites for hydroxylation is 1.